The number of methoxy groups -OCH3 is 2. The van der Waals surface area contributed by atoms with Gasteiger partial charge in [0.15, 0.2) is 6.61 Å². The number of hydrogen-bond acceptors (Lipinski definition) is 6. The number of ether oxygens (including phenoxy) is 3. The third-order valence-electron chi connectivity index (χ3n) is 5.92. The summed E-state index contributed by atoms with van der Waals surface area (Å²) in [6.07, 6.45) is 1.19. The van der Waals surface area contributed by atoms with Gasteiger partial charge in [-0.3, -0.25) is 0 Å². The summed E-state index contributed by atoms with van der Waals surface area (Å²) in [4.78, 5) is 11.5. The highest BCUT2D eigenvalue weighted by Gasteiger charge is 2.27. The van der Waals surface area contributed by atoms with E-state index in [1.807, 2.05) is 37.3 Å². The summed E-state index contributed by atoms with van der Waals surface area (Å²) in [7, 11) is -0.847. The molecule has 1 aromatic rings. The number of hydrogen-bond donors (Lipinski definition) is 1. The Kier molecular flexibility index (Phi) is 8.75. The molecule has 0 spiro atoms. The first kappa shape index (κ1) is 26.5. The van der Waals surface area contributed by atoms with E-state index in [4.69, 9.17) is 9.47 Å². The van der Waals surface area contributed by atoms with Gasteiger partial charge >= 0.3 is 5.97 Å². The number of carbonyl (C=O) groups excluding carboxylic acids is 1. The lowest BCUT2D eigenvalue weighted by Gasteiger charge is -2.10. The SMILES string of the molecule is CCc1cc(S(=O)(=O)NCCc2ccc(OCC(=O)OC)cc2)c2cc(C(C)C)ccc(OC)c1-2. The molecule has 0 fully saturated rings. The van der Waals surface area contributed by atoms with Gasteiger partial charge in [-0.1, -0.05) is 39.0 Å². The molecule has 1 N–H and O–H groups in total. The molecule has 0 bridgehead atoms. The van der Waals surface area contributed by atoms with Gasteiger partial charge in [-0.25, -0.2) is 17.9 Å². The minimum Gasteiger partial charge on any atom is -0.496 e. The zero-order valence-corrected chi connectivity index (χ0v) is 21.7. The molecule has 7 nitrogen and oxygen atoms in total. The molecule has 1 aromatic carbocycles. The van der Waals surface area contributed by atoms with E-state index in [-0.39, 0.29) is 24.0 Å². The van der Waals surface area contributed by atoms with Crippen molar-refractivity contribution in [1.29, 1.82) is 0 Å². The molecular weight excluding hydrogens is 466 g/mol. The molecule has 188 valence electrons. The predicted octanol–water partition coefficient (Wildman–Crippen LogP) is 4.56. The van der Waals surface area contributed by atoms with Crippen LogP contribution in [0.25, 0.3) is 11.1 Å². The number of esters is 1. The summed E-state index contributed by atoms with van der Waals surface area (Å²) in [6, 6.07) is 14.8. The number of aryl methyl sites for hydroxylation is 1. The molecule has 0 aromatic heterocycles. The van der Waals surface area contributed by atoms with Crippen LogP contribution in [0.4, 0.5) is 0 Å². The molecular formula is C27H33NO6S. The van der Waals surface area contributed by atoms with Crippen molar-refractivity contribution in [2.24, 2.45) is 0 Å². The van der Waals surface area contributed by atoms with Crippen LogP contribution in [-0.4, -0.2) is 41.8 Å². The zero-order valence-electron chi connectivity index (χ0n) is 20.9. The molecule has 0 aliphatic heterocycles. The Morgan fingerprint density at radius 3 is 2.34 bits per heavy atom. The lowest BCUT2D eigenvalue weighted by atomic mass is 10.0. The zero-order chi connectivity index (χ0) is 25.6. The van der Waals surface area contributed by atoms with Crippen molar-refractivity contribution >= 4 is 16.0 Å². The summed E-state index contributed by atoms with van der Waals surface area (Å²) in [5.41, 5.74) is 4.43. The van der Waals surface area contributed by atoms with Gasteiger partial charge in [0.05, 0.1) is 19.1 Å². The van der Waals surface area contributed by atoms with Gasteiger partial charge in [0.1, 0.15) is 11.5 Å². The maximum Gasteiger partial charge on any atom is 0.343 e. The lowest BCUT2D eigenvalue weighted by Crippen LogP contribution is -2.26. The van der Waals surface area contributed by atoms with Crippen LogP contribution in [0.15, 0.2) is 53.4 Å². The lowest BCUT2D eigenvalue weighted by molar-refractivity contribution is -0.142. The van der Waals surface area contributed by atoms with Crippen molar-refractivity contribution in [3.63, 3.8) is 0 Å². The van der Waals surface area contributed by atoms with E-state index in [9.17, 15) is 13.2 Å². The Morgan fingerprint density at radius 1 is 1.03 bits per heavy atom. The summed E-state index contributed by atoms with van der Waals surface area (Å²) >= 11 is 0. The van der Waals surface area contributed by atoms with E-state index < -0.39 is 16.0 Å². The number of benzene rings is 1. The van der Waals surface area contributed by atoms with Crippen molar-refractivity contribution in [2.75, 3.05) is 27.4 Å². The molecule has 2 aliphatic rings. The molecule has 8 heteroatoms. The van der Waals surface area contributed by atoms with Gasteiger partial charge in [0.2, 0.25) is 10.0 Å². The number of nitrogens with one attached hydrogen (secondary N) is 1. The Morgan fingerprint density at radius 2 is 1.74 bits per heavy atom. The number of carbonyl (C=O) groups is 1. The van der Waals surface area contributed by atoms with E-state index >= 15 is 0 Å². The fourth-order valence-electron chi connectivity index (χ4n) is 3.90. The van der Waals surface area contributed by atoms with E-state index in [0.29, 0.717) is 29.9 Å². The largest absolute Gasteiger partial charge is 0.496 e. The van der Waals surface area contributed by atoms with Crippen LogP contribution in [-0.2, 0) is 32.4 Å². The van der Waals surface area contributed by atoms with Crippen LogP contribution in [0.3, 0.4) is 0 Å². The quantitative estimate of drug-likeness (QED) is 0.389. The monoisotopic (exact) mass is 499 g/mol. The standard InChI is InChI=1S/C27H33NO6S/c1-6-20-16-25(23-15-21(18(2)3)9-12-24(32-4)27(20)23)35(30,31)28-14-13-19-7-10-22(11-8-19)34-17-26(29)33-5/h7-12,15-16,18,28H,6,13-14,17H2,1-5H3. The maximum atomic E-state index is 13.4. The van der Waals surface area contributed by atoms with E-state index in [1.54, 1.807) is 25.3 Å². The average molecular weight is 500 g/mol. The summed E-state index contributed by atoms with van der Waals surface area (Å²) in [5.74, 6) is 0.984. The Labute approximate surface area is 207 Å². The molecule has 3 rings (SSSR count). The Bertz CT molecular complexity index is 1240. The summed E-state index contributed by atoms with van der Waals surface area (Å²) in [5, 5.41) is 0. The molecule has 0 unspecified atom stereocenters. The highest BCUT2D eigenvalue weighted by Crippen LogP contribution is 2.42. The second-order valence-corrected chi connectivity index (χ2v) is 10.3. The first-order valence-corrected chi connectivity index (χ1v) is 13.1. The van der Waals surface area contributed by atoms with E-state index in [2.05, 4.69) is 23.3 Å². The number of rotatable bonds is 11. The van der Waals surface area contributed by atoms with Crippen molar-refractivity contribution in [3.8, 4) is 22.6 Å². The molecule has 35 heavy (non-hydrogen) atoms. The molecule has 0 amide bonds. The van der Waals surface area contributed by atoms with Crippen LogP contribution < -0.4 is 14.2 Å². The fourth-order valence-corrected chi connectivity index (χ4v) is 5.17. The highest BCUT2D eigenvalue weighted by molar-refractivity contribution is 7.89. The topological polar surface area (TPSA) is 90.9 Å². The average Bonchev–Trinajstić information content (AvgIpc) is 3.10. The highest BCUT2D eigenvalue weighted by atomic mass is 32.2. The number of fused-ring (bicyclic) bond motifs is 1. The summed E-state index contributed by atoms with van der Waals surface area (Å²) in [6.45, 7) is 6.24. The molecule has 0 radical (unpaired) electrons. The van der Waals surface area contributed by atoms with E-state index in [1.165, 1.54) is 7.11 Å². The Balaban J connectivity index is 1.79. The summed E-state index contributed by atoms with van der Waals surface area (Å²) < 4.78 is 45.0. The minimum absolute atomic E-state index is 0.163. The van der Waals surface area contributed by atoms with Crippen LogP contribution in [0, 0.1) is 0 Å². The smallest absolute Gasteiger partial charge is 0.343 e. The normalized spacial score (nSPS) is 11.6. The maximum absolute atomic E-state index is 13.4. The third kappa shape index (κ3) is 6.32. The predicted molar refractivity (Wildman–Crippen MR) is 136 cm³/mol. The van der Waals surface area contributed by atoms with Gasteiger partial charge in [-0.05, 0) is 65.8 Å². The van der Waals surface area contributed by atoms with E-state index in [0.717, 1.165) is 22.3 Å². The second kappa shape index (κ2) is 11.6. The van der Waals surface area contributed by atoms with Crippen molar-refractivity contribution in [1.82, 2.24) is 4.72 Å². The van der Waals surface area contributed by atoms with Crippen molar-refractivity contribution < 1.29 is 27.4 Å². The van der Waals surface area contributed by atoms with Gasteiger partial charge in [0.25, 0.3) is 0 Å². The van der Waals surface area contributed by atoms with Crippen LogP contribution >= 0.6 is 0 Å². The van der Waals surface area contributed by atoms with Crippen LogP contribution in [0.1, 0.15) is 43.4 Å². The minimum atomic E-state index is -3.75. The molecule has 2 aliphatic carbocycles. The van der Waals surface area contributed by atoms with Gasteiger partial charge in [-0.15, -0.1) is 0 Å². The van der Waals surface area contributed by atoms with Gasteiger partial charge < -0.3 is 14.2 Å². The first-order chi connectivity index (χ1) is 16.7. The van der Waals surface area contributed by atoms with Crippen molar-refractivity contribution in [3.05, 3.63) is 65.2 Å². The van der Waals surface area contributed by atoms with Gasteiger partial charge in [0, 0.05) is 17.7 Å². The molecule has 0 saturated carbocycles. The third-order valence-corrected chi connectivity index (χ3v) is 7.42. The Hall–Kier alpha value is -3.10. The fraction of sp³-hybridized carbons (Fsp3) is 0.370. The first-order valence-electron chi connectivity index (χ1n) is 11.6. The van der Waals surface area contributed by atoms with Crippen molar-refractivity contribution in [2.45, 2.75) is 44.4 Å². The molecule has 0 heterocycles. The van der Waals surface area contributed by atoms with Crippen LogP contribution in [0.2, 0.25) is 0 Å². The van der Waals surface area contributed by atoms with Crippen LogP contribution in [0.5, 0.6) is 11.5 Å². The number of sulfonamides is 1. The van der Waals surface area contributed by atoms with Gasteiger partial charge in [-0.2, -0.15) is 0 Å². The second-order valence-electron chi connectivity index (χ2n) is 8.53. The molecule has 0 saturated heterocycles. The molecule has 0 atom stereocenters.